The fraction of sp³-hybridized carbons (Fsp3) is 0.229. The molecule has 4 aromatic heterocycles. The number of ether oxygens (including phenoxy) is 3. The number of hydrogen-bond acceptors (Lipinski definition) is 11. The summed E-state index contributed by atoms with van der Waals surface area (Å²) in [5.74, 6) is 2.02. The average Bonchev–Trinajstić information content (AvgIpc) is 3.90. The van der Waals surface area contributed by atoms with E-state index in [2.05, 4.69) is 27.1 Å². The fourth-order valence-corrected chi connectivity index (χ4v) is 5.30. The van der Waals surface area contributed by atoms with Crippen LogP contribution in [-0.4, -0.2) is 37.5 Å². The lowest BCUT2D eigenvalue weighted by molar-refractivity contribution is -0.142. The number of nitrogens with zero attached hydrogens (tertiary/aromatic N) is 5. The number of benzene rings is 2. The van der Waals surface area contributed by atoms with Gasteiger partial charge in [-0.15, -0.1) is 16.4 Å². The zero-order valence-corrected chi connectivity index (χ0v) is 27.0. The molecule has 6 aromatic rings. The van der Waals surface area contributed by atoms with Crippen LogP contribution in [0.15, 0.2) is 81.2 Å². The molecule has 0 radical (unpaired) electrons. The standard InChI is InChI=1S/C35H33N5O6S/c1-4-32-36-27(22-47-32)16-15-26-19-40(28-9-7-6-8-10-28)38-35(26)44-20-29-18-31(39-46-29)43-21-30-23(3)45-34(37-30)25-13-11-24(12-14-25)17-33(41)42-5-2/h6-16,18-19,22H,4-5,17,20-21H2,1-3H3. The van der Waals surface area contributed by atoms with E-state index in [0.29, 0.717) is 41.5 Å². The molecular formula is C35H33N5O6S. The van der Waals surface area contributed by atoms with Crippen LogP contribution in [-0.2, 0) is 35.6 Å². The van der Waals surface area contributed by atoms with E-state index in [-0.39, 0.29) is 25.6 Å². The van der Waals surface area contributed by atoms with Gasteiger partial charge in [-0.1, -0.05) is 37.3 Å². The lowest BCUT2D eigenvalue weighted by Crippen LogP contribution is -2.07. The number of aryl methyl sites for hydroxylation is 2. The second-order valence-corrected chi connectivity index (χ2v) is 11.4. The van der Waals surface area contributed by atoms with Gasteiger partial charge in [0.05, 0.1) is 35.0 Å². The van der Waals surface area contributed by atoms with Crippen LogP contribution in [0.4, 0.5) is 0 Å². The fourth-order valence-electron chi connectivity index (χ4n) is 4.59. The van der Waals surface area contributed by atoms with Gasteiger partial charge in [0.2, 0.25) is 11.8 Å². The van der Waals surface area contributed by atoms with Crippen LogP contribution < -0.4 is 9.47 Å². The predicted octanol–water partition coefficient (Wildman–Crippen LogP) is 7.28. The van der Waals surface area contributed by atoms with Crippen molar-refractivity contribution in [1.82, 2.24) is 24.9 Å². The Labute approximate surface area is 275 Å². The minimum absolute atomic E-state index is 0.0962. The highest BCUT2D eigenvalue weighted by molar-refractivity contribution is 7.09. The van der Waals surface area contributed by atoms with Crippen molar-refractivity contribution in [3.63, 3.8) is 0 Å². The molecule has 0 amide bonds. The zero-order valence-electron chi connectivity index (χ0n) is 26.2. The molecule has 0 bridgehead atoms. The van der Waals surface area contributed by atoms with E-state index in [1.54, 1.807) is 29.0 Å². The highest BCUT2D eigenvalue weighted by Gasteiger charge is 2.16. The van der Waals surface area contributed by atoms with Crippen molar-refractivity contribution in [2.24, 2.45) is 0 Å². The summed E-state index contributed by atoms with van der Waals surface area (Å²) in [6.45, 7) is 6.29. The van der Waals surface area contributed by atoms with Crippen LogP contribution in [0.25, 0.3) is 29.3 Å². The molecule has 0 fully saturated rings. The van der Waals surface area contributed by atoms with Crippen LogP contribution in [0, 0.1) is 6.92 Å². The summed E-state index contributed by atoms with van der Waals surface area (Å²) in [7, 11) is 0. The number of para-hydroxylation sites is 1. The van der Waals surface area contributed by atoms with Gasteiger partial charge in [0.25, 0.3) is 5.88 Å². The van der Waals surface area contributed by atoms with Gasteiger partial charge >= 0.3 is 5.97 Å². The van der Waals surface area contributed by atoms with Crippen LogP contribution in [0.3, 0.4) is 0 Å². The Morgan fingerprint density at radius 2 is 1.83 bits per heavy atom. The molecule has 47 heavy (non-hydrogen) atoms. The molecule has 0 aliphatic heterocycles. The van der Waals surface area contributed by atoms with E-state index in [1.165, 1.54) is 0 Å². The highest BCUT2D eigenvalue weighted by atomic mass is 32.1. The maximum absolute atomic E-state index is 11.8. The first-order valence-electron chi connectivity index (χ1n) is 15.2. The van der Waals surface area contributed by atoms with Crippen molar-refractivity contribution >= 4 is 29.5 Å². The first kappa shape index (κ1) is 31.5. The normalized spacial score (nSPS) is 11.3. The molecule has 4 heterocycles. The van der Waals surface area contributed by atoms with Crippen LogP contribution >= 0.6 is 11.3 Å². The molecule has 0 aliphatic carbocycles. The maximum Gasteiger partial charge on any atom is 0.310 e. The second-order valence-electron chi connectivity index (χ2n) is 10.4. The lowest BCUT2D eigenvalue weighted by Gasteiger charge is -2.02. The number of aromatic nitrogens is 5. The SMILES string of the molecule is CCOC(=O)Cc1ccc(-c2nc(COc3cc(COc4nn(-c5ccccc5)cc4C=Cc4csc(CC)n4)on3)c(C)o2)cc1. The van der Waals surface area contributed by atoms with E-state index in [9.17, 15) is 4.79 Å². The molecule has 0 atom stereocenters. The Balaban J connectivity index is 1.08. The molecule has 0 unspecified atom stereocenters. The lowest BCUT2D eigenvalue weighted by atomic mass is 10.1. The van der Waals surface area contributed by atoms with E-state index in [1.807, 2.05) is 85.2 Å². The number of esters is 1. The molecule has 0 saturated heterocycles. The summed E-state index contributed by atoms with van der Waals surface area (Å²) in [6.07, 6.45) is 6.92. The number of carbonyl (C=O) groups excluding carboxylic acids is 1. The van der Waals surface area contributed by atoms with Crippen LogP contribution in [0.2, 0.25) is 0 Å². The van der Waals surface area contributed by atoms with E-state index in [0.717, 1.165) is 39.5 Å². The van der Waals surface area contributed by atoms with Gasteiger partial charge < -0.3 is 23.2 Å². The summed E-state index contributed by atoms with van der Waals surface area (Å²) in [4.78, 5) is 21.0. The van der Waals surface area contributed by atoms with Gasteiger partial charge in [0.1, 0.15) is 18.1 Å². The van der Waals surface area contributed by atoms with Gasteiger partial charge in [-0.05, 0) is 67.4 Å². The molecule has 11 nitrogen and oxygen atoms in total. The molecular weight excluding hydrogens is 618 g/mol. The third-order valence-electron chi connectivity index (χ3n) is 7.03. The van der Waals surface area contributed by atoms with Gasteiger partial charge in [-0.25, -0.2) is 14.6 Å². The molecule has 12 heteroatoms. The summed E-state index contributed by atoms with van der Waals surface area (Å²) < 4.78 is 30.1. The zero-order chi connectivity index (χ0) is 32.6. The minimum atomic E-state index is -0.261. The third kappa shape index (κ3) is 8.03. The monoisotopic (exact) mass is 651 g/mol. The molecule has 0 spiro atoms. The van der Waals surface area contributed by atoms with E-state index in [4.69, 9.17) is 23.2 Å². The van der Waals surface area contributed by atoms with Gasteiger partial charge in [0, 0.05) is 23.2 Å². The second kappa shape index (κ2) is 14.7. The predicted molar refractivity (Wildman–Crippen MR) is 176 cm³/mol. The van der Waals surface area contributed by atoms with Crippen LogP contribution in [0.5, 0.6) is 11.8 Å². The molecule has 0 aliphatic rings. The Kier molecular flexibility index (Phi) is 9.87. The van der Waals surface area contributed by atoms with Crippen molar-refractivity contribution in [2.75, 3.05) is 6.61 Å². The van der Waals surface area contributed by atoms with E-state index >= 15 is 0 Å². The first-order valence-corrected chi connectivity index (χ1v) is 16.0. The number of hydrogen-bond donors (Lipinski definition) is 0. The summed E-state index contributed by atoms with van der Waals surface area (Å²) in [5.41, 5.74) is 4.86. The number of rotatable bonds is 14. The maximum atomic E-state index is 11.8. The third-order valence-corrected chi connectivity index (χ3v) is 8.04. The molecule has 6 rings (SSSR count). The van der Waals surface area contributed by atoms with Crippen molar-refractivity contribution in [3.05, 3.63) is 111 Å². The molecule has 0 saturated carbocycles. The van der Waals surface area contributed by atoms with Gasteiger partial charge in [0.15, 0.2) is 12.4 Å². The summed E-state index contributed by atoms with van der Waals surface area (Å²) in [6, 6.07) is 18.9. The quantitative estimate of drug-likeness (QED) is 0.111. The largest absolute Gasteiger partial charge is 0.469 e. The number of oxazole rings is 1. The van der Waals surface area contributed by atoms with Crippen LogP contribution in [0.1, 0.15) is 52.9 Å². The molecule has 240 valence electrons. The highest BCUT2D eigenvalue weighted by Crippen LogP contribution is 2.26. The molecule has 2 aromatic carbocycles. The Hall–Kier alpha value is -5.49. The topological polar surface area (TPSA) is 128 Å². The van der Waals surface area contributed by atoms with Gasteiger partial charge in [-0.3, -0.25) is 4.79 Å². The molecule has 0 N–H and O–H groups in total. The minimum Gasteiger partial charge on any atom is -0.469 e. The smallest absolute Gasteiger partial charge is 0.310 e. The Morgan fingerprint density at radius 1 is 1.00 bits per heavy atom. The van der Waals surface area contributed by atoms with E-state index < -0.39 is 0 Å². The Bertz CT molecular complexity index is 1960. The average molecular weight is 652 g/mol. The van der Waals surface area contributed by atoms with Crippen molar-refractivity contribution in [2.45, 2.75) is 46.8 Å². The summed E-state index contributed by atoms with van der Waals surface area (Å²) in [5, 5.41) is 11.8. The van der Waals surface area contributed by atoms with Gasteiger partial charge in [-0.2, -0.15) is 0 Å². The first-order chi connectivity index (χ1) is 23.0. The van der Waals surface area contributed by atoms with Crippen molar-refractivity contribution < 1.29 is 27.9 Å². The number of thiazole rings is 1. The van der Waals surface area contributed by atoms with Crippen molar-refractivity contribution in [1.29, 1.82) is 0 Å². The number of carbonyl (C=O) groups is 1. The summed E-state index contributed by atoms with van der Waals surface area (Å²) >= 11 is 1.64. The Morgan fingerprint density at radius 3 is 2.60 bits per heavy atom. The van der Waals surface area contributed by atoms with Crippen molar-refractivity contribution in [3.8, 4) is 28.9 Å².